The lowest BCUT2D eigenvalue weighted by Gasteiger charge is -2.31. The maximum Gasteiger partial charge on any atom is 0.269 e. The lowest BCUT2D eigenvalue weighted by molar-refractivity contribution is -0.384. The van der Waals surface area contributed by atoms with E-state index in [-0.39, 0.29) is 10.6 Å². The Morgan fingerprint density at radius 2 is 2.00 bits per heavy atom. The van der Waals surface area contributed by atoms with Gasteiger partial charge in [-0.25, -0.2) is 0 Å². The topological polar surface area (TPSA) is 58.4 Å². The largest absolute Gasteiger partial charge is 0.310 e. The normalized spacial score (nSPS) is 29.4. The first kappa shape index (κ1) is 12.6. The number of non-ortho nitro benzene ring substituents is 1. The zero-order chi connectivity index (χ0) is 13.2. The van der Waals surface area contributed by atoms with Gasteiger partial charge in [-0.1, -0.05) is 12.1 Å². The molecular weight excluding hydrogens is 242 g/mol. The highest BCUT2D eigenvalue weighted by atomic mass is 16.6. The fourth-order valence-corrected chi connectivity index (χ4v) is 3.20. The number of rotatable bonds is 4. The molecule has 19 heavy (non-hydrogen) atoms. The predicted octanol–water partition coefficient (Wildman–Crippen LogP) is 1.78. The van der Waals surface area contributed by atoms with Gasteiger partial charge in [0, 0.05) is 31.3 Å². The van der Waals surface area contributed by atoms with Crippen LogP contribution >= 0.6 is 0 Å². The zero-order valence-electron chi connectivity index (χ0n) is 10.9. The number of nitrogens with zero attached hydrogens (tertiary/aromatic N) is 2. The Labute approximate surface area is 112 Å². The van der Waals surface area contributed by atoms with E-state index in [1.165, 1.54) is 32.5 Å². The minimum atomic E-state index is -0.356. The maximum atomic E-state index is 10.6. The van der Waals surface area contributed by atoms with Gasteiger partial charge in [0.1, 0.15) is 0 Å². The van der Waals surface area contributed by atoms with Crippen LogP contribution in [0.1, 0.15) is 18.4 Å². The Hall–Kier alpha value is -1.46. The van der Waals surface area contributed by atoms with E-state index in [9.17, 15) is 10.1 Å². The van der Waals surface area contributed by atoms with Gasteiger partial charge in [0.25, 0.3) is 5.69 Å². The SMILES string of the molecule is O=[N+]([O-])c1ccc(CNC2CCN3CCC2C3)cc1. The monoisotopic (exact) mass is 261 g/mol. The first-order chi connectivity index (χ1) is 9.22. The molecule has 0 aromatic heterocycles. The molecule has 0 saturated carbocycles. The second kappa shape index (κ2) is 5.27. The van der Waals surface area contributed by atoms with E-state index >= 15 is 0 Å². The van der Waals surface area contributed by atoms with Crippen molar-refractivity contribution < 1.29 is 4.92 Å². The smallest absolute Gasteiger partial charge is 0.269 e. The summed E-state index contributed by atoms with van der Waals surface area (Å²) in [4.78, 5) is 12.8. The van der Waals surface area contributed by atoms with E-state index in [2.05, 4.69) is 10.2 Å². The van der Waals surface area contributed by atoms with Gasteiger partial charge < -0.3 is 10.2 Å². The third-order valence-electron chi connectivity index (χ3n) is 4.35. The summed E-state index contributed by atoms with van der Waals surface area (Å²) in [6, 6.07) is 7.45. The molecule has 2 fully saturated rings. The molecule has 102 valence electrons. The van der Waals surface area contributed by atoms with Crippen LogP contribution in [0.4, 0.5) is 5.69 Å². The molecule has 5 nitrogen and oxygen atoms in total. The lowest BCUT2D eigenvalue weighted by atomic mass is 9.94. The van der Waals surface area contributed by atoms with Crippen LogP contribution in [-0.4, -0.2) is 35.5 Å². The van der Waals surface area contributed by atoms with Crippen molar-refractivity contribution in [2.24, 2.45) is 5.92 Å². The molecule has 1 aromatic carbocycles. The molecule has 0 radical (unpaired) electrons. The molecule has 1 N–H and O–H groups in total. The molecule has 2 bridgehead atoms. The number of benzene rings is 1. The highest BCUT2D eigenvalue weighted by Crippen LogP contribution is 2.27. The summed E-state index contributed by atoms with van der Waals surface area (Å²) >= 11 is 0. The highest BCUT2D eigenvalue weighted by molar-refractivity contribution is 5.32. The van der Waals surface area contributed by atoms with E-state index in [0.717, 1.165) is 18.0 Å². The van der Waals surface area contributed by atoms with Crippen molar-refractivity contribution in [1.82, 2.24) is 10.2 Å². The number of piperidine rings is 1. The molecule has 2 aliphatic heterocycles. The summed E-state index contributed by atoms with van der Waals surface area (Å²) in [7, 11) is 0. The molecule has 0 aliphatic carbocycles. The van der Waals surface area contributed by atoms with Crippen molar-refractivity contribution in [3.8, 4) is 0 Å². The lowest BCUT2D eigenvalue weighted by Crippen LogP contribution is -2.43. The zero-order valence-corrected chi connectivity index (χ0v) is 10.9. The van der Waals surface area contributed by atoms with Crippen molar-refractivity contribution in [1.29, 1.82) is 0 Å². The first-order valence-corrected chi connectivity index (χ1v) is 6.91. The van der Waals surface area contributed by atoms with Crippen molar-refractivity contribution >= 4 is 5.69 Å². The molecule has 1 aromatic rings. The van der Waals surface area contributed by atoms with Gasteiger partial charge in [0.15, 0.2) is 0 Å². The molecule has 2 heterocycles. The van der Waals surface area contributed by atoms with Gasteiger partial charge in [0.05, 0.1) is 4.92 Å². The van der Waals surface area contributed by atoms with Crippen LogP contribution in [0.2, 0.25) is 0 Å². The summed E-state index contributed by atoms with van der Waals surface area (Å²) in [5, 5.41) is 14.2. The van der Waals surface area contributed by atoms with E-state index < -0.39 is 0 Å². The summed E-state index contributed by atoms with van der Waals surface area (Å²) in [6.45, 7) is 4.49. The van der Waals surface area contributed by atoms with Crippen molar-refractivity contribution in [2.45, 2.75) is 25.4 Å². The van der Waals surface area contributed by atoms with Gasteiger partial charge >= 0.3 is 0 Å². The van der Waals surface area contributed by atoms with Crippen LogP contribution in [0.5, 0.6) is 0 Å². The number of fused-ring (bicyclic) bond motifs is 2. The number of nitro groups is 1. The molecule has 2 saturated heterocycles. The molecule has 0 spiro atoms. The maximum absolute atomic E-state index is 10.6. The minimum absolute atomic E-state index is 0.160. The van der Waals surface area contributed by atoms with Crippen LogP contribution in [0.25, 0.3) is 0 Å². The third kappa shape index (κ3) is 2.77. The standard InChI is InChI=1S/C14H19N3O2/c18-17(19)13-3-1-11(2-4-13)9-15-14-6-8-16-7-5-12(14)10-16/h1-4,12,14-15H,5-10H2. The molecule has 2 aliphatic rings. The van der Waals surface area contributed by atoms with Gasteiger partial charge in [-0.05, 0) is 37.4 Å². The van der Waals surface area contributed by atoms with Gasteiger partial charge in [-0.3, -0.25) is 10.1 Å². The fraction of sp³-hybridized carbons (Fsp3) is 0.571. The molecule has 3 rings (SSSR count). The van der Waals surface area contributed by atoms with Gasteiger partial charge in [-0.15, -0.1) is 0 Å². The van der Waals surface area contributed by atoms with Crippen molar-refractivity contribution in [2.75, 3.05) is 19.6 Å². The van der Waals surface area contributed by atoms with E-state index in [1.54, 1.807) is 12.1 Å². The van der Waals surface area contributed by atoms with Crippen LogP contribution in [0.3, 0.4) is 0 Å². The molecule has 3 atom stereocenters. The van der Waals surface area contributed by atoms with Crippen LogP contribution in [0, 0.1) is 16.0 Å². The molecule has 0 amide bonds. The quantitative estimate of drug-likeness (QED) is 0.663. The second-order valence-corrected chi connectivity index (χ2v) is 5.55. The van der Waals surface area contributed by atoms with E-state index in [1.807, 2.05) is 12.1 Å². The second-order valence-electron chi connectivity index (χ2n) is 5.55. The first-order valence-electron chi connectivity index (χ1n) is 6.91. The minimum Gasteiger partial charge on any atom is -0.310 e. The Morgan fingerprint density at radius 1 is 1.26 bits per heavy atom. The van der Waals surface area contributed by atoms with Crippen molar-refractivity contribution in [3.63, 3.8) is 0 Å². The summed E-state index contributed by atoms with van der Waals surface area (Å²) < 4.78 is 0. The highest BCUT2D eigenvalue weighted by Gasteiger charge is 2.33. The van der Waals surface area contributed by atoms with Gasteiger partial charge in [-0.2, -0.15) is 0 Å². The number of hydrogen-bond donors (Lipinski definition) is 1. The van der Waals surface area contributed by atoms with Crippen LogP contribution in [0.15, 0.2) is 24.3 Å². The average Bonchev–Trinajstić information content (AvgIpc) is 2.81. The Kier molecular flexibility index (Phi) is 3.48. The molecule has 3 unspecified atom stereocenters. The fourth-order valence-electron chi connectivity index (χ4n) is 3.20. The Bertz CT molecular complexity index is 460. The number of hydrogen-bond acceptors (Lipinski definition) is 4. The predicted molar refractivity (Wildman–Crippen MR) is 72.9 cm³/mol. The third-order valence-corrected chi connectivity index (χ3v) is 4.35. The molecule has 5 heteroatoms. The summed E-state index contributed by atoms with van der Waals surface area (Å²) in [5.74, 6) is 0.784. The van der Waals surface area contributed by atoms with E-state index in [4.69, 9.17) is 0 Å². The average molecular weight is 261 g/mol. The Balaban J connectivity index is 1.55. The molecular formula is C14H19N3O2. The van der Waals surface area contributed by atoms with E-state index in [0.29, 0.717) is 6.04 Å². The summed E-state index contributed by atoms with van der Waals surface area (Å²) in [6.07, 6.45) is 2.52. The summed E-state index contributed by atoms with van der Waals surface area (Å²) in [5.41, 5.74) is 1.28. The number of nitrogens with one attached hydrogen (secondary N) is 1. The Morgan fingerprint density at radius 3 is 2.74 bits per heavy atom. The van der Waals surface area contributed by atoms with Gasteiger partial charge in [0.2, 0.25) is 0 Å². The number of nitro benzene ring substituents is 1. The van der Waals surface area contributed by atoms with Crippen LogP contribution < -0.4 is 5.32 Å². The van der Waals surface area contributed by atoms with Crippen molar-refractivity contribution in [3.05, 3.63) is 39.9 Å². The van der Waals surface area contributed by atoms with Crippen LogP contribution in [-0.2, 0) is 6.54 Å².